The number of hydrogen-bond acceptors (Lipinski definition) is 6. The Morgan fingerprint density at radius 3 is 2.57 bits per heavy atom. The molecule has 8 nitrogen and oxygen atoms in total. The zero-order valence-electron chi connectivity index (χ0n) is 19.9. The zero-order valence-corrected chi connectivity index (χ0v) is 20.7. The van der Waals surface area contributed by atoms with E-state index in [-0.39, 0.29) is 17.3 Å². The summed E-state index contributed by atoms with van der Waals surface area (Å²) < 4.78 is 17.8. The standard InChI is InChI=1S/C27H22FN7OS/c1-17-29-22-12-6-7-13-23(22)34(17)15-14-24-32-26-18-8-2-4-10-20(18)31-27(35(26)33-24)37-16-25(36)30-21-11-5-3-9-19(21)28/h2-13H,14-16H2,1H3,(H,30,36). The maximum atomic E-state index is 13.9. The summed E-state index contributed by atoms with van der Waals surface area (Å²) in [5, 5.41) is 8.78. The largest absolute Gasteiger partial charge is 0.328 e. The van der Waals surface area contributed by atoms with E-state index in [1.807, 2.05) is 49.4 Å². The number of hydrogen-bond donors (Lipinski definition) is 1. The van der Waals surface area contributed by atoms with Crippen LogP contribution in [-0.4, -0.2) is 40.8 Å². The Kier molecular flexibility index (Phi) is 6.01. The molecule has 6 rings (SSSR count). The number of fused-ring (bicyclic) bond motifs is 4. The number of para-hydroxylation sites is 4. The van der Waals surface area contributed by atoms with Gasteiger partial charge in [0.2, 0.25) is 5.91 Å². The zero-order chi connectivity index (χ0) is 25.4. The number of nitrogens with one attached hydrogen (secondary N) is 1. The molecule has 0 fully saturated rings. The van der Waals surface area contributed by atoms with Crippen molar-refractivity contribution in [3.63, 3.8) is 0 Å². The summed E-state index contributed by atoms with van der Waals surface area (Å²) in [6.07, 6.45) is 0.606. The van der Waals surface area contributed by atoms with Gasteiger partial charge >= 0.3 is 0 Å². The van der Waals surface area contributed by atoms with Crippen molar-refractivity contribution < 1.29 is 9.18 Å². The van der Waals surface area contributed by atoms with Crippen LogP contribution in [0, 0.1) is 12.7 Å². The fourth-order valence-corrected chi connectivity index (χ4v) is 5.09. The first-order valence-corrected chi connectivity index (χ1v) is 12.8. The van der Waals surface area contributed by atoms with Crippen LogP contribution in [-0.2, 0) is 17.8 Å². The SMILES string of the molecule is Cc1nc2ccccc2n1CCc1nc2c3ccccc3nc(SCC(=O)Nc3ccccc3F)n2n1. The summed E-state index contributed by atoms with van der Waals surface area (Å²) in [4.78, 5) is 26.7. The van der Waals surface area contributed by atoms with Gasteiger partial charge in [0.05, 0.1) is 28.0 Å². The number of aromatic nitrogens is 6. The molecule has 0 aliphatic heterocycles. The highest BCUT2D eigenvalue weighted by Crippen LogP contribution is 2.25. The minimum atomic E-state index is -0.478. The van der Waals surface area contributed by atoms with Crippen LogP contribution in [0.15, 0.2) is 78.0 Å². The number of nitrogens with zero attached hydrogens (tertiary/aromatic N) is 6. The number of aryl methyl sites for hydroxylation is 3. The molecule has 0 aliphatic carbocycles. The summed E-state index contributed by atoms with van der Waals surface area (Å²) in [7, 11) is 0. The number of benzene rings is 3. The second-order valence-electron chi connectivity index (χ2n) is 8.54. The molecular weight excluding hydrogens is 489 g/mol. The Balaban J connectivity index is 1.28. The van der Waals surface area contributed by atoms with Gasteiger partial charge in [0.15, 0.2) is 16.6 Å². The van der Waals surface area contributed by atoms with Crippen molar-refractivity contribution in [2.24, 2.45) is 0 Å². The number of amides is 1. The Hall–Kier alpha value is -4.31. The van der Waals surface area contributed by atoms with E-state index in [1.54, 1.807) is 16.6 Å². The fraction of sp³-hybridized carbons (Fsp3) is 0.148. The first-order valence-electron chi connectivity index (χ1n) is 11.8. The van der Waals surface area contributed by atoms with Gasteiger partial charge in [-0.2, -0.15) is 4.52 Å². The second kappa shape index (κ2) is 9.62. The van der Waals surface area contributed by atoms with Gasteiger partial charge in [-0.3, -0.25) is 4.79 Å². The molecule has 0 aliphatic rings. The Labute approximate surface area is 215 Å². The molecule has 0 saturated heterocycles. The lowest BCUT2D eigenvalue weighted by Crippen LogP contribution is -2.15. The van der Waals surface area contributed by atoms with Crippen molar-refractivity contribution in [2.45, 2.75) is 25.0 Å². The highest BCUT2D eigenvalue weighted by atomic mass is 32.2. The van der Waals surface area contributed by atoms with Crippen molar-refractivity contribution in [1.82, 2.24) is 29.1 Å². The van der Waals surface area contributed by atoms with Crippen LogP contribution >= 0.6 is 11.8 Å². The summed E-state index contributed by atoms with van der Waals surface area (Å²) in [6.45, 7) is 2.68. The van der Waals surface area contributed by atoms with Crippen molar-refractivity contribution in [3.8, 4) is 0 Å². The molecule has 0 unspecified atom stereocenters. The summed E-state index contributed by atoms with van der Waals surface area (Å²) in [5.74, 6) is 0.849. The first-order chi connectivity index (χ1) is 18.1. The highest BCUT2D eigenvalue weighted by molar-refractivity contribution is 7.99. The van der Waals surface area contributed by atoms with E-state index >= 15 is 0 Å². The van der Waals surface area contributed by atoms with Crippen LogP contribution in [0.3, 0.4) is 0 Å². The molecule has 1 N–H and O–H groups in total. The number of thioether (sulfide) groups is 1. The molecule has 3 aromatic heterocycles. The van der Waals surface area contributed by atoms with Crippen LogP contribution in [0.5, 0.6) is 0 Å². The number of halogens is 1. The molecule has 3 heterocycles. The van der Waals surface area contributed by atoms with E-state index in [2.05, 4.69) is 20.9 Å². The number of imidazole rings is 1. The third kappa shape index (κ3) is 4.51. The van der Waals surface area contributed by atoms with Crippen LogP contribution in [0.4, 0.5) is 10.1 Å². The lowest BCUT2D eigenvalue weighted by molar-refractivity contribution is -0.113. The van der Waals surface area contributed by atoms with E-state index < -0.39 is 5.82 Å². The van der Waals surface area contributed by atoms with Gasteiger partial charge in [0.1, 0.15) is 11.6 Å². The molecule has 6 aromatic rings. The van der Waals surface area contributed by atoms with E-state index in [4.69, 9.17) is 15.1 Å². The van der Waals surface area contributed by atoms with Crippen molar-refractivity contribution >= 4 is 50.9 Å². The molecule has 0 saturated carbocycles. The maximum Gasteiger partial charge on any atom is 0.234 e. The van der Waals surface area contributed by atoms with E-state index in [9.17, 15) is 9.18 Å². The smallest absolute Gasteiger partial charge is 0.234 e. The second-order valence-corrected chi connectivity index (χ2v) is 9.48. The quantitative estimate of drug-likeness (QED) is 0.238. The van der Waals surface area contributed by atoms with Gasteiger partial charge < -0.3 is 9.88 Å². The summed E-state index contributed by atoms with van der Waals surface area (Å²) >= 11 is 1.23. The van der Waals surface area contributed by atoms with Gasteiger partial charge in [-0.05, 0) is 43.3 Å². The van der Waals surface area contributed by atoms with E-state index in [0.717, 1.165) is 27.8 Å². The third-order valence-corrected chi connectivity index (χ3v) is 7.01. The fourth-order valence-electron chi connectivity index (χ4n) is 4.34. The van der Waals surface area contributed by atoms with E-state index in [0.29, 0.717) is 29.6 Å². The lowest BCUT2D eigenvalue weighted by Gasteiger charge is -2.07. The van der Waals surface area contributed by atoms with Gasteiger partial charge in [-0.25, -0.2) is 19.3 Å². The molecule has 0 spiro atoms. The predicted molar refractivity (Wildman–Crippen MR) is 142 cm³/mol. The molecular formula is C27H22FN7OS. The predicted octanol–water partition coefficient (Wildman–Crippen LogP) is 5.05. The molecule has 1 amide bonds. The Morgan fingerprint density at radius 2 is 1.70 bits per heavy atom. The van der Waals surface area contributed by atoms with Gasteiger partial charge in [0.25, 0.3) is 0 Å². The number of carbonyl (C=O) groups excluding carboxylic acids is 1. The van der Waals surface area contributed by atoms with Crippen LogP contribution < -0.4 is 5.32 Å². The molecule has 184 valence electrons. The summed E-state index contributed by atoms with van der Waals surface area (Å²) in [5.41, 5.74) is 3.64. The lowest BCUT2D eigenvalue weighted by atomic mass is 10.2. The van der Waals surface area contributed by atoms with Crippen molar-refractivity contribution in [1.29, 1.82) is 0 Å². The molecule has 10 heteroatoms. The molecule has 37 heavy (non-hydrogen) atoms. The minimum absolute atomic E-state index is 0.0458. The minimum Gasteiger partial charge on any atom is -0.328 e. The Morgan fingerprint density at radius 1 is 0.946 bits per heavy atom. The van der Waals surface area contributed by atoms with Crippen molar-refractivity contribution in [2.75, 3.05) is 11.1 Å². The maximum absolute atomic E-state index is 13.9. The monoisotopic (exact) mass is 511 g/mol. The average molecular weight is 512 g/mol. The van der Waals surface area contributed by atoms with Crippen molar-refractivity contribution in [3.05, 3.63) is 90.3 Å². The van der Waals surface area contributed by atoms with Crippen LogP contribution in [0.25, 0.3) is 27.6 Å². The average Bonchev–Trinajstić information content (AvgIpc) is 3.48. The number of rotatable bonds is 7. The third-order valence-electron chi connectivity index (χ3n) is 6.08. The number of anilines is 1. The van der Waals surface area contributed by atoms with Crippen LogP contribution in [0.1, 0.15) is 11.6 Å². The normalized spacial score (nSPS) is 11.5. The van der Waals surface area contributed by atoms with Gasteiger partial charge in [0, 0.05) is 18.4 Å². The molecule has 0 atom stereocenters. The molecule has 3 aromatic carbocycles. The summed E-state index contributed by atoms with van der Waals surface area (Å²) in [6, 6.07) is 21.9. The van der Waals surface area contributed by atoms with Gasteiger partial charge in [-0.15, -0.1) is 5.10 Å². The first kappa shape index (κ1) is 23.1. The molecule has 0 bridgehead atoms. The van der Waals surface area contributed by atoms with Gasteiger partial charge in [-0.1, -0.05) is 48.2 Å². The highest BCUT2D eigenvalue weighted by Gasteiger charge is 2.16. The van der Waals surface area contributed by atoms with E-state index in [1.165, 1.54) is 23.9 Å². The number of carbonyl (C=O) groups is 1. The molecule has 0 radical (unpaired) electrons. The van der Waals surface area contributed by atoms with Crippen LogP contribution in [0.2, 0.25) is 0 Å². The Bertz CT molecular complexity index is 1780. The topological polar surface area (TPSA) is 90.0 Å².